The van der Waals surface area contributed by atoms with Crippen LogP contribution in [0.1, 0.15) is 119 Å². The normalized spacial score (nSPS) is 30.7. The number of amides is 3. The minimum atomic E-state index is -1.53. The monoisotopic (exact) mass is 1040 g/mol. The maximum Gasteiger partial charge on any atom is 0.408 e. The van der Waals surface area contributed by atoms with Gasteiger partial charge < -0.3 is 54.6 Å². The molecule has 3 amide bonds. The molecule has 404 valence electrons. The smallest absolute Gasteiger partial charge is 0.408 e. The number of rotatable bonds is 16. The molecule has 3 saturated carbocycles. The van der Waals surface area contributed by atoms with E-state index in [2.05, 4.69) is 48.0 Å². The van der Waals surface area contributed by atoms with Gasteiger partial charge in [-0.1, -0.05) is 74.0 Å². The molecule has 5 aliphatic carbocycles. The SMILES string of the molecule is C[C@]12CC[C@H](OC3OCC(NC(=O)[C@H](CCCCNC(=O)OCC4c5ccccc5-c5ccccc54)NC(=O)OCc4ccc([N+](=O)[O-])cc4)C(O)C3O)C=C1CCC1C2CC[C@]2(C)[C@@H](c3ccc(=O)oc3)CC[C@]12O. The molecule has 2 heterocycles. The van der Waals surface area contributed by atoms with Crippen molar-refractivity contribution < 1.29 is 58.0 Å². The Morgan fingerprint density at radius 2 is 1.58 bits per heavy atom. The van der Waals surface area contributed by atoms with Gasteiger partial charge in [0, 0.05) is 36.1 Å². The number of ether oxygens (including phenoxy) is 4. The summed E-state index contributed by atoms with van der Waals surface area (Å²) in [4.78, 5) is 62.2. The Bertz CT molecular complexity index is 2830. The van der Waals surface area contributed by atoms with Gasteiger partial charge in [-0.15, -0.1) is 0 Å². The van der Waals surface area contributed by atoms with Crippen molar-refractivity contribution >= 4 is 23.8 Å². The van der Waals surface area contributed by atoms with Gasteiger partial charge in [0.1, 0.15) is 31.5 Å². The molecule has 18 nitrogen and oxygen atoms in total. The first-order valence-electron chi connectivity index (χ1n) is 26.8. The summed E-state index contributed by atoms with van der Waals surface area (Å²) in [6.07, 6.45) is 4.86. The van der Waals surface area contributed by atoms with Gasteiger partial charge in [0.15, 0.2) is 6.29 Å². The van der Waals surface area contributed by atoms with Crippen molar-refractivity contribution in [1.82, 2.24) is 16.0 Å². The van der Waals surface area contributed by atoms with Crippen LogP contribution in [0.5, 0.6) is 0 Å². The summed E-state index contributed by atoms with van der Waals surface area (Å²) in [7, 11) is 0. The van der Waals surface area contributed by atoms with E-state index < -0.39 is 65.3 Å². The van der Waals surface area contributed by atoms with Crippen molar-refractivity contribution in [3.8, 4) is 11.1 Å². The van der Waals surface area contributed by atoms with E-state index in [9.17, 15) is 44.6 Å². The molecule has 6 N–H and O–H groups in total. The number of benzene rings is 3. The number of allylic oxidation sites excluding steroid dienone is 1. The molecular weight excluding hydrogens is 977 g/mol. The quantitative estimate of drug-likeness (QED) is 0.0273. The first-order chi connectivity index (χ1) is 36.6. The number of nitro groups is 1. The van der Waals surface area contributed by atoms with Gasteiger partial charge in [0.2, 0.25) is 5.91 Å². The number of nitrogens with zero attached hydrogens (tertiary/aromatic N) is 1. The lowest BCUT2D eigenvalue weighted by Gasteiger charge is -2.62. The highest BCUT2D eigenvalue weighted by Gasteiger charge is 2.67. The lowest BCUT2D eigenvalue weighted by atomic mass is 9.45. The number of hydrogen-bond acceptors (Lipinski definition) is 14. The Balaban J connectivity index is 0.722. The number of hydrogen-bond donors (Lipinski definition) is 6. The Labute approximate surface area is 440 Å². The zero-order chi connectivity index (χ0) is 53.4. The van der Waals surface area contributed by atoms with E-state index in [1.807, 2.05) is 42.5 Å². The third kappa shape index (κ3) is 10.3. The molecule has 1 saturated heterocycles. The molecular formula is C58H68N4O14. The number of carbonyl (C=O) groups excluding carboxylic acids is 3. The topological polar surface area (TPSA) is 258 Å². The van der Waals surface area contributed by atoms with Crippen LogP contribution in [0.3, 0.4) is 0 Å². The predicted molar refractivity (Wildman–Crippen MR) is 277 cm³/mol. The first kappa shape index (κ1) is 53.0. The van der Waals surface area contributed by atoms with E-state index in [1.54, 1.807) is 6.26 Å². The molecule has 6 aliphatic rings. The Kier molecular flexibility index (Phi) is 15.3. The van der Waals surface area contributed by atoms with Gasteiger partial charge in [0.25, 0.3) is 5.69 Å². The van der Waals surface area contributed by atoms with Crippen molar-refractivity contribution in [2.75, 3.05) is 19.8 Å². The van der Waals surface area contributed by atoms with E-state index in [0.29, 0.717) is 31.2 Å². The summed E-state index contributed by atoms with van der Waals surface area (Å²) < 4.78 is 28.7. The van der Waals surface area contributed by atoms with Crippen LogP contribution in [0.15, 0.2) is 112 Å². The zero-order valence-electron chi connectivity index (χ0n) is 42.9. The number of nitrogens with one attached hydrogen (secondary N) is 3. The molecule has 0 bridgehead atoms. The van der Waals surface area contributed by atoms with Crippen molar-refractivity contribution in [2.24, 2.45) is 22.7 Å². The van der Waals surface area contributed by atoms with Gasteiger partial charge >= 0.3 is 17.8 Å². The fraction of sp³-hybridized carbons (Fsp3) is 0.517. The van der Waals surface area contributed by atoms with E-state index in [-0.39, 0.29) is 78.6 Å². The number of unbranched alkanes of at least 4 members (excludes halogenated alkanes) is 1. The highest BCUT2D eigenvalue weighted by Crippen LogP contribution is 2.70. The highest BCUT2D eigenvalue weighted by atomic mass is 16.7. The van der Waals surface area contributed by atoms with Crippen molar-refractivity contribution in [3.63, 3.8) is 0 Å². The van der Waals surface area contributed by atoms with Gasteiger partial charge in [-0.2, -0.15) is 0 Å². The van der Waals surface area contributed by atoms with Crippen LogP contribution in [-0.4, -0.2) is 100 Å². The molecule has 12 atom stereocenters. The summed E-state index contributed by atoms with van der Waals surface area (Å²) >= 11 is 0. The zero-order valence-corrected chi connectivity index (χ0v) is 42.9. The maximum absolute atomic E-state index is 13.9. The van der Waals surface area contributed by atoms with Crippen molar-refractivity contribution in [3.05, 3.63) is 146 Å². The summed E-state index contributed by atoms with van der Waals surface area (Å²) in [5, 5.41) is 54.7. The average Bonchev–Trinajstić information content (AvgIpc) is 3.89. The molecule has 6 unspecified atom stereocenters. The summed E-state index contributed by atoms with van der Waals surface area (Å²) in [5.41, 5.74) is 5.27. The Morgan fingerprint density at radius 1 is 0.842 bits per heavy atom. The van der Waals surface area contributed by atoms with E-state index in [0.717, 1.165) is 66.3 Å². The van der Waals surface area contributed by atoms with Crippen LogP contribution in [0.25, 0.3) is 11.1 Å². The summed E-state index contributed by atoms with van der Waals surface area (Å²) in [5.74, 6) is -0.298. The largest absolute Gasteiger partial charge is 0.449 e. The maximum atomic E-state index is 13.9. The van der Waals surface area contributed by atoms with Gasteiger partial charge in [-0.25, -0.2) is 14.4 Å². The van der Waals surface area contributed by atoms with Gasteiger partial charge in [-0.05, 0) is 145 Å². The van der Waals surface area contributed by atoms with Crippen molar-refractivity contribution in [1.29, 1.82) is 0 Å². The van der Waals surface area contributed by atoms with Crippen molar-refractivity contribution in [2.45, 2.75) is 145 Å². The van der Waals surface area contributed by atoms with Crippen LogP contribution in [-0.2, 0) is 30.3 Å². The number of aliphatic hydroxyl groups excluding tert-OH is 2. The number of alkyl carbamates (subject to hydrolysis) is 2. The predicted octanol–water partition coefficient (Wildman–Crippen LogP) is 7.66. The molecule has 4 fully saturated rings. The summed E-state index contributed by atoms with van der Waals surface area (Å²) in [6.45, 7) is 4.46. The molecule has 0 radical (unpaired) electrons. The summed E-state index contributed by atoms with van der Waals surface area (Å²) in [6, 6.07) is 22.7. The number of non-ortho nitro benzene ring substituents is 1. The fourth-order valence-electron chi connectivity index (χ4n) is 14.0. The second kappa shape index (κ2) is 21.9. The minimum absolute atomic E-state index is 0.0944. The van der Waals surface area contributed by atoms with E-state index >= 15 is 0 Å². The number of nitro benzene ring substituents is 1. The van der Waals surface area contributed by atoms with E-state index in [4.69, 9.17) is 23.4 Å². The lowest BCUT2D eigenvalue weighted by molar-refractivity contribution is -0.384. The molecule has 76 heavy (non-hydrogen) atoms. The average molecular weight is 1050 g/mol. The Morgan fingerprint density at radius 3 is 2.29 bits per heavy atom. The van der Waals surface area contributed by atoms with E-state index in [1.165, 1.54) is 35.9 Å². The standard InChI is InChI=1S/C58H68N4O14/c1-56-25-22-38(29-36(56)17-20-46-45(56)23-26-57(2)44(24-27-58(46,57)69)35-16-21-49(63)72-31-35)76-53-51(65)50(64)48(33-73-53)60-52(66)47(61-55(68)74-30-34-14-18-37(19-15-34)62(70)71)13-7-8-28-59-54(67)75-32-43-41-11-5-3-9-39(41)40-10-4-6-12-42(40)43/h3-6,9-12,14-16,18-19,21,29,31,38,43-48,50-51,53,64-65,69H,7-8,13,17,20,22-28,30,32-33H2,1-2H3,(H,59,67)(H,60,66)(H,61,68)/t38-,44+,45?,46?,47-,48?,50?,51?,53?,56-,57+,58-/m0/s1. The number of aliphatic hydroxyl groups is 3. The minimum Gasteiger partial charge on any atom is -0.449 e. The number of fused-ring (bicyclic) bond motifs is 8. The van der Waals surface area contributed by atoms with Crippen LogP contribution >= 0.6 is 0 Å². The molecule has 1 aromatic heterocycles. The fourth-order valence-corrected chi connectivity index (χ4v) is 14.0. The molecule has 10 rings (SSSR count). The third-order valence-corrected chi connectivity index (χ3v) is 18.2. The van der Waals surface area contributed by atoms with Crippen LogP contribution in [0.2, 0.25) is 0 Å². The van der Waals surface area contributed by atoms with Crippen LogP contribution in [0, 0.1) is 32.8 Å². The molecule has 0 spiro atoms. The lowest BCUT2D eigenvalue weighted by Crippen LogP contribution is -2.62. The Hall–Kier alpha value is -6.44. The number of carbonyl (C=O) groups is 3. The molecule has 4 aromatic rings. The highest BCUT2D eigenvalue weighted by molar-refractivity contribution is 5.86. The van der Waals surface area contributed by atoms with Crippen LogP contribution < -0.4 is 21.6 Å². The van der Waals surface area contributed by atoms with Gasteiger partial charge in [0.05, 0.1) is 35.5 Å². The molecule has 18 heteroatoms. The van der Waals surface area contributed by atoms with Crippen LogP contribution in [0.4, 0.5) is 15.3 Å². The van der Waals surface area contributed by atoms with Gasteiger partial charge in [-0.3, -0.25) is 14.9 Å². The first-order valence-corrected chi connectivity index (χ1v) is 26.8. The second-order valence-electron chi connectivity index (χ2n) is 22.2. The molecule has 3 aromatic carbocycles. The second-order valence-corrected chi connectivity index (χ2v) is 22.2. The third-order valence-electron chi connectivity index (χ3n) is 18.2. The molecule has 1 aliphatic heterocycles.